The molecule has 0 aliphatic heterocycles. The zero-order valence-corrected chi connectivity index (χ0v) is 11.9. The number of hydrogen-bond donors (Lipinski definition) is 0. The molecule has 20 heavy (non-hydrogen) atoms. The minimum Gasteiger partial charge on any atom is -0.478 e. The second-order valence-electron chi connectivity index (χ2n) is 4.85. The van der Waals surface area contributed by atoms with E-state index >= 15 is 0 Å². The van der Waals surface area contributed by atoms with E-state index in [-0.39, 0.29) is 11.7 Å². The lowest BCUT2D eigenvalue weighted by Crippen LogP contribution is -2.49. The molecule has 3 nitrogen and oxygen atoms in total. The molecule has 0 N–H and O–H groups in total. The molecule has 1 aromatic carbocycles. The molecule has 0 atom stereocenters. The van der Waals surface area contributed by atoms with Crippen molar-refractivity contribution in [1.82, 2.24) is 4.90 Å². The Morgan fingerprint density at radius 3 is 2.20 bits per heavy atom. The Morgan fingerprint density at radius 2 is 1.75 bits per heavy atom. The number of benzene rings is 1. The molecule has 0 aliphatic carbocycles. The number of hydrogen-bond acceptors (Lipinski definition) is 2. The van der Waals surface area contributed by atoms with Crippen molar-refractivity contribution in [3.63, 3.8) is 0 Å². The highest BCUT2D eigenvalue weighted by atomic mass is 19.1. The standard InChI is InChI=1S/C16H20FNO2/c1-5-11-18(12-6-2)15(19)16(3,4)20-14-9-7-13(17)8-10-14/h5-10H,1-2,11-12H2,3-4H3. The maximum absolute atomic E-state index is 12.9. The molecular weight excluding hydrogens is 257 g/mol. The van der Waals surface area contributed by atoms with Crippen LogP contribution in [0.1, 0.15) is 13.8 Å². The second-order valence-corrected chi connectivity index (χ2v) is 4.85. The van der Waals surface area contributed by atoms with E-state index in [9.17, 15) is 9.18 Å². The molecule has 0 fully saturated rings. The fourth-order valence-electron chi connectivity index (χ4n) is 1.77. The van der Waals surface area contributed by atoms with E-state index in [2.05, 4.69) is 13.2 Å². The van der Waals surface area contributed by atoms with Gasteiger partial charge in [-0.15, -0.1) is 13.2 Å². The number of ether oxygens (including phenoxy) is 1. The van der Waals surface area contributed by atoms with Crippen LogP contribution in [-0.2, 0) is 4.79 Å². The van der Waals surface area contributed by atoms with Crippen LogP contribution in [0.2, 0.25) is 0 Å². The van der Waals surface area contributed by atoms with Crippen LogP contribution in [0, 0.1) is 5.82 Å². The second kappa shape index (κ2) is 6.89. The molecule has 0 spiro atoms. The normalized spacial score (nSPS) is 10.8. The van der Waals surface area contributed by atoms with E-state index in [0.29, 0.717) is 18.8 Å². The minimum atomic E-state index is -1.05. The first kappa shape index (κ1) is 16.0. The van der Waals surface area contributed by atoms with Crippen molar-refractivity contribution in [2.45, 2.75) is 19.4 Å². The molecule has 1 rings (SSSR count). The summed E-state index contributed by atoms with van der Waals surface area (Å²) in [5.41, 5.74) is -1.05. The van der Waals surface area contributed by atoms with Crippen molar-refractivity contribution >= 4 is 5.91 Å². The zero-order chi connectivity index (χ0) is 15.2. The van der Waals surface area contributed by atoms with Crippen LogP contribution in [-0.4, -0.2) is 29.5 Å². The fourth-order valence-corrected chi connectivity index (χ4v) is 1.77. The number of halogens is 1. The lowest BCUT2D eigenvalue weighted by molar-refractivity contribution is -0.144. The molecule has 0 aromatic heterocycles. The number of rotatable bonds is 7. The van der Waals surface area contributed by atoms with Gasteiger partial charge in [0.15, 0.2) is 5.60 Å². The third kappa shape index (κ3) is 4.23. The largest absolute Gasteiger partial charge is 0.478 e. The van der Waals surface area contributed by atoms with Gasteiger partial charge in [0.1, 0.15) is 11.6 Å². The lowest BCUT2D eigenvalue weighted by atomic mass is 10.1. The van der Waals surface area contributed by atoms with Crippen molar-refractivity contribution in [1.29, 1.82) is 0 Å². The molecule has 0 saturated heterocycles. The van der Waals surface area contributed by atoms with Gasteiger partial charge >= 0.3 is 0 Å². The Bertz CT molecular complexity index is 470. The van der Waals surface area contributed by atoms with Crippen LogP contribution in [0.5, 0.6) is 5.75 Å². The summed E-state index contributed by atoms with van der Waals surface area (Å²) in [6, 6.07) is 5.58. The Hall–Kier alpha value is -2.10. The molecule has 0 unspecified atom stereocenters. The number of carbonyl (C=O) groups is 1. The highest BCUT2D eigenvalue weighted by molar-refractivity contribution is 5.85. The molecule has 1 aromatic rings. The van der Waals surface area contributed by atoms with Crippen LogP contribution in [0.25, 0.3) is 0 Å². The third-order valence-electron chi connectivity index (χ3n) is 2.69. The Morgan fingerprint density at radius 1 is 1.25 bits per heavy atom. The SMILES string of the molecule is C=CCN(CC=C)C(=O)C(C)(C)Oc1ccc(F)cc1. The highest BCUT2D eigenvalue weighted by Crippen LogP contribution is 2.20. The van der Waals surface area contributed by atoms with E-state index in [1.165, 1.54) is 24.3 Å². The number of carbonyl (C=O) groups excluding carboxylic acids is 1. The quantitative estimate of drug-likeness (QED) is 0.716. The zero-order valence-electron chi connectivity index (χ0n) is 11.9. The van der Waals surface area contributed by atoms with Crippen molar-refractivity contribution in [3.8, 4) is 5.75 Å². The van der Waals surface area contributed by atoms with Crippen LogP contribution >= 0.6 is 0 Å². The lowest BCUT2D eigenvalue weighted by Gasteiger charge is -2.31. The Balaban J connectivity index is 2.84. The summed E-state index contributed by atoms with van der Waals surface area (Å²) in [5, 5.41) is 0. The van der Waals surface area contributed by atoms with Crippen molar-refractivity contribution in [2.24, 2.45) is 0 Å². The van der Waals surface area contributed by atoms with Crippen LogP contribution in [0.4, 0.5) is 4.39 Å². The van der Waals surface area contributed by atoms with Crippen LogP contribution in [0.15, 0.2) is 49.6 Å². The molecule has 0 aliphatic rings. The molecule has 0 saturated carbocycles. The Labute approximate surface area is 119 Å². The first-order chi connectivity index (χ1) is 9.40. The van der Waals surface area contributed by atoms with Gasteiger partial charge in [-0.3, -0.25) is 4.79 Å². The first-order valence-corrected chi connectivity index (χ1v) is 6.36. The minimum absolute atomic E-state index is 0.179. The van der Waals surface area contributed by atoms with E-state index in [1.807, 2.05) is 0 Å². The van der Waals surface area contributed by atoms with Gasteiger partial charge in [0.25, 0.3) is 5.91 Å². The highest BCUT2D eigenvalue weighted by Gasteiger charge is 2.33. The van der Waals surface area contributed by atoms with Gasteiger partial charge in [-0.05, 0) is 38.1 Å². The molecule has 0 heterocycles. The maximum atomic E-state index is 12.9. The van der Waals surface area contributed by atoms with Gasteiger partial charge < -0.3 is 9.64 Å². The topological polar surface area (TPSA) is 29.5 Å². The van der Waals surface area contributed by atoms with Gasteiger partial charge in [-0.2, -0.15) is 0 Å². The van der Waals surface area contributed by atoms with Gasteiger partial charge in [0.05, 0.1) is 0 Å². The summed E-state index contributed by atoms with van der Waals surface area (Å²) in [4.78, 5) is 14.0. The summed E-state index contributed by atoms with van der Waals surface area (Å²) in [6.07, 6.45) is 3.30. The first-order valence-electron chi connectivity index (χ1n) is 6.36. The predicted molar refractivity (Wildman–Crippen MR) is 78.1 cm³/mol. The van der Waals surface area contributed by atoms with Crippen molar-refractivity contribution in [3.05, 3.63) is 55.4 Å². The van der Waals surface area contributed by atoms with E-state index in [0.717, 1.165) is 0 Å². The average Bonchev–Trinajstić information content (AvgIpc) is 2.40. The van der Waals surface area contributed by atoms with Gasteiger partial charge in [-0.1, -0.05) is 12.2 Å². The summed E-state index contributed by atoms with van der Waals surface area (Å²) in [6.45, 7) is 11.5. The molecule has 1 amide bonds. The molecule has 0 radical (unpaired) electrons. The van der Waals surface area contributed by atoms with Gasteiger partial charge in [0, 0.05) is 13.1 Å². The van der Waals surface area contributed by atoms with Crippen molar-refractivity contribution < 1.29 is 13.9 Å². The smallest absolute Gasteiger partial charge is 0.266 e. The summed E-state index contributed by atoms with van der Waals surface area (Å²) in [5.74, 6) is -0.0787. The van der Waals surface area contributed by atoms with E-state index in [1.54, 1.807) is 30.9 Å². The predicted octanol–water partition coefficient (Wildman–Crippen LogP) is 3.18. The van der Waals surface area contributed by atoms with Crippen LogP contribution in [0.3, 0.4) is 0 Å². The summed E-state index contributed by atoms with van der Waals surface area (Å²) >= 11 is 0. The molecule has 4 heteroatoms. The number of nitrogens with zero attached hydrogens (tertiary/aromatic N) is 1. The summed E-state index contributed by atoms with van der Waals surface area (Å²) < 4.78 is 18.5. The van der Waals surface area contributed by atoms with Gasteiger partial charge in [0.2, 0.25) is 0 Å². The van der Waals surface area contributed by atoms with Crippen LogP contribution < -0.4 is 4.74 Å². The number of amides is 1. The monoisotopic (exact) mass is 277 g/mol. The van der Waals surface area contributed by atoms with E-state index < -0.39 is 5.60 Å². The average molecular weight is 277 g/mol. The van der Waals surface area contributed by atoms with Gasteiger partial charge in [-0.25, -0.2) is 4.39 Å². The van der Waals surface area contributed by atoms with Crippen molar-refractivity contribution in [2.75, 3.05) is 13.1 Å². The third-order valence-corrected chi connectivity index (χ3v) is 2.69. The Kier molecular flexibility index (Phi) is 5.50. The molecular formula is C16H20FNO2. The summed E-state index contributed by atoms with van der Waals surface area (Å²) in [7, 11) is 0. The molecule has 108 valence electrons. The van der Waals surface area contributed by atoms with E-state index in [4.69, 9.17) is 4.74 Å². The maximum Gasteiger partial charge on any atom is 0.266 e. The fraction of sp³-hybridized carbons (Fsp3) is 0.312. The molecule has 0 bridgehead atoms.